The van der Waals surface area contributed by atoms with E-state index in [1.807, 2.05) is 6.08 Å². The van der Waals surface area contributed by atoms with Crippen molar-refractivity contribution in [3.8, 4) is 0 Å². The summed E-state index contributed by atoms with van der Waals surface area (Å²) in [6.07, 6.45) is 0.833. The maximum Gasteiger partial charge on any atom is 0.396 e. The van der Waals surface area contributed by atoms with Crippen molar-refractivity contribution in [3.05, 3.63) is 11.8 Å². The minimum atomic E-state index is -4.14. The highest BCUT2D eigenvalue weighted by molar-refractivity contribution is 5.98. The van der Waals surface area contributed by atoms with Gasteiger partial charge in [-0.25, -0.2) is 0 Å². The average molecular weight is 289 g/mol. The average Bonchev–Trinajstić information content (AvgIpc) is 2.79. The van der Waals surface area contributed by atoms with Gasteiger partial charge in [0.05, 0.1) is 11.1 Å². The molecule has 1 saturated carbocycles. The second-order valence-corrected chi connectivity index (χ2v) is 5.66. The fraction of sp³-hybridized carbons (Fsp3) is 0.786. The molecule has 1 atom stereocenters. The Morgan fingerprint density at radius 2 is 2.20 bits per heavy atom. The Kier molecular flexibility index (Phi) is 4.30. The van der Waals surface area contributed by atoms with Crippen LogP contribution in [-0.4, -0.2) is 31.6 Å². The monoisotopic (exact) mass is 289 g/mol. The van der Waals surface area contributed by atoms with Crippen molar-refractivity contribution in [2.24, 2.45) is 10.4 Å². The van der Waals surface area contributed by atoms with Gasteiger partial charge < -0.3 is 10.6 Å². The number of alkyl halides is 3. The van der Waals surface area contributed by atoms with Gasteiger partial charge in [0.2, 0.25) is 0 Å². The van der Waals surface area contributed by atoms with E-state index in [-0.39, 0.29) is 19.4 Å². The molecule has 6 heteroatoms. The van der Waals surface area contributed by atoms with E-state index >= 15 is 0 Å². The first-order valence-corrected chi connectivity index (χ1v) is 7.16. The molecule has 0 saturated heterocycles. The van der Waals surface area contributed by atoms with Gasteiger partial charge in [-0.2, -0.15) is 13.2 Å². The van der Waals surface area contributed by atoms with Crippen molar-refractivity contribution in [1.29, 1.82) is 0 Å². The highest BCUT2D eigenvalue weighted by Gasteiger charge is 2.58. The van der Waals surface area contributed by atoms with Crippen LogP contribution in [0, 0.1) is 5.41 Å². The minimum absolute atomic E-state index is 0.0843. The minimum Gasteiger partial charge on any atom is -0.379 e. The molecule has 0 aromatic heterocycles. The normalized spacial score (nSPS) is 25.8. The molecule has 20 heavy (non-hydrogen) atoms. The topological polar surface area (TPSA) is 36.4 Å². The van der Waals surface area contributed by atoms with Crippen LogP contribution >= 0.6 is 0 Å². The van der Waals surface area contributed by atoms with Crippen LogP contribution in [0.2, 0.25) is 0 Å². The van der Waals surface area contributed by atoms with Gasteiger partial charge in [-0.3, -0.25) is 4.99 Å². The molecular formula is C14H22F3N3. The molecule has 1 unspecified atom stereocenters. The molecule has 114 valence electrons. The summed E-state index contributed by atoms with van der Waals surface area (Å²) < 4.78 is 39.3. The van der Waals surface area contributed by atoms with Crippen molar-refractivity contribution in [2.75, 3.05) is 13.6 Å². The Morgan fingerprint density at radius 3 is 2.60 bits per heavy atom. The molecule has 0 radical (unpaired) electrons. The summed E-state index contributed by atoms with van der Waals surface area (Å²) in [6.45, 7) is 2.00. The number of nitrogens with one attached hydrogen (secondary N) is 2. The van der Waals surface area contributed by atoms with Gasteiger partial charge in [-0.05, 0) is 25.7 Å². The Labute approximate surface area is 117 Å². The number of nitrogens with zero attached hydrogens (tertiary/aromatic N) is 1. The third kappa shape index (κ3) is 2.79. The Balaban J connectivity index is 1.95. The zero-order valence-corrected chi connectivity index (χ0v) is 12.0. The molecular weight excluding hydrogens is 267 g/mol. The van der Waals surface area contributed by atoms with Gasteiger partial charge in [0.25, 0.3) is 0 Å². The Bertz CT molecular complexity index is 408. The van der Waals surface area contributed by atoms with E-state index in [1.54, 1.807) is 7.05 Å². The predicted octanol–water partition coefficient (Wildman–Crippen LogP) is 2.99. The van der Waals surface area contributed by atoms with Gasteiger partial charge >= 0.3 is 6.18 Å². The molecule has 0 aromatic carbocycles. The SMILES string of the molecule is CCC1CC=C(C(=NC)NCC2(C(F)(F)F)CCC2)N1. The number of hydrogen-bond acceptors (Lipinski definition) is 2. The number of hydrogen-bond donors (Lipinski definition) is 2. The smallest absolute Gasteiger partial charge is 0.379 e. The second-order valence-electron chi connectivity index (χ2n) is 5.66. The van der Waals surface area contributed by atoms with Crippen molar-refractivity contribution >= 4 is 5.84 Å². The van der Waals surface area contributed by atoms with Crippen LogP contribution in [0.1, 0.15) is 39.0 Å². The van der Waals surface area contributed by atoms with Crippen molar-refractivity contribution in [1.82, 2.24) is 10.6 Å². The quantitative estimate of drug-likeness (QED) is 0.616. The summed E-state index contributed by atoms with van der Waals surface area (Å²) >= 11 is 0. The fourth-order valence-corrected chi connectivity index (χ4v) is 2.74. The summed E-state index contributed by atoms with van der Waals surface area (Å²) in [5.41, 5.74) is -0.734. The molecule has 2 aliphatic rings. The largest absolute Gasteiger partial charge is 0.396 e. The molecule has 2 rings (SSSR count). The molecule has 1 aliphatic carbocycles. The molecule has 0 amide bonds. The van der Waals surface area contributed by atoms with E-state index in [2.05, 4.69) is 22.5 Å². The Hall–Kier alpha value is -1.20. The van der Waals surface area contributed by atoms with Crippen molar-refractivity contribution in [2.45, 2.75) is 51.2 Å². The van der Waals surface area contributed by atoms with Crippen LogP contribution in [-0.2, 0) is 0 Å². The highest BCUT2D eigenvalue weighted by Crippen LogP contribution is 2.52. The molecule has 1 heterocycles. The second kappa shape index (κ2) is 5.66. The molecule has 2 N–H and O–H groups in total. The number of aliphatic imine (C=N–C) groups is 1. The Morgan fingerprint density at radius 1 is 1.50 bits per heavy atom. The van der Waals surface area contributed by atoms with Crippen LogP contribution in [0.3, 0.4) is 0 Å². The van der Waals surface area contributed by atoms with E-state index in [4.69, 9.17) is 0 Å². The summed E-state index contributed by atoms with van der Waals surface area (Å²) in [6, 6.07) is 0.365. The molecule has 3 nitrogen and oxygen atoms in total. The summed E-state index contributed by atoms with van der Waals surface area (Å²) in [4.78, 5) is 4.09. The van der Waals surface area contributed by atoms with E-state index in [0.717, 1.165) is 18.5 Å². The zero-order valence-electron chi connectivity index (χ0n) is 12.0. The molecule has 0 spiro atoms. The van der Waals surface area contributed by atoms with Crippen LogP contribution in [0.4, 0.5) is 13.2 Å². The lowest BCUT2D eigenvalue weighted by Crippen LogP contribution is -2.52. The third-order valence-electron chi connectivity index (χ3n) is 4.44. The summed E-state index contributed by atoms with van der Waals surface area (Å²) in [5.74, 6) is 0.538. The van der Waals surface area contributed by atoms with Crippen molar-refractivity contribution in [3.63, 3.8) is 0 Å². The zero-order chi connectivity index (χ0) is 14.8. The van der Waals surface area contributed by atoms with Crippen LogP contribution in [0.5, 0.6) is 0 Å². The van der Waals surface area contributed by atoms with Gasteiger partial charge in [-0.15, -0.1) is 0 Å². The maximum atomic E-state index is 13.1. The van der Waals surface area contributed by atoms with Crippen LogP contribution < -0.4 is 10.6 Å². The highest BCUT2D eigenvalue weighted by atomic mass is 19.4. The van der Waals surface area contributed by atoms with E-state index < -0.39 is 11.6 Å². The van der Waals surface area contributed by atoms with Gasteiger partial charge in [0.1, 0.15) is 5.84 Å². The van der Waals surface area contributed by atoms with Crippen LogP contribution in [0.15, 0.2) is 16.8 Å². The summed E-state index contributed by atoms with van der Waals surface area (Å²) in [5, 5.41) is 6.19. The number of rotatable bonds is 4. The fourth-order valence-electron chi connectivity index (χ4n) is 2.74. The summed E-state index contributed by atoms with van der Waals surface area (Å²) in [7, 11) is 1.60. The van der Waals surface area contributed by atoms with E-state index in [0.29, 0.717) is 18.3 Å². The standard InChI is InChI=1S/C14H22F3N3/c1-3-10-5-6-11(20-10)12(18-2)19-9-13(7-4-8-13)14(15,16)17/h6,10,20H,3-5,7-9H2,1-2H3,(H,18,19). The van der Waals surface area contributed by atoms with Crippen LogP contribution in [0.25, 0.3) is 0 Å². The predicted molar refractivity (Wildman–Crippen MR) is 73.6 cm³/mol. The van der Waals surface area contributed by atoms with E-state index in [9.17, 15) is 13.2 Å². The molecule has 0 aromatic rings. The molecule has 1 aliphatic heterocycles. The number of halogens is 3. The van der Waals surface area contributed by atoms with Gasteiger partial charge in [0.15, 0.2) is 0 Å². The van der Waals surface area contributed by atoms with Crippen molar-refractivity contribution < 1.29 is 13.2 Å². The number of amidine groups is 1. The molecule has 0 bridgehead atoms. The maximum absolute atomic E-state index is 13.1. The first kappa shape index (κ1) is 15.2. The first-order valence-electron chi connectivity index (χ1n) is 7.16. The van der Waals surface area contributed by atoms with Gasteiger partial charge in [-0.1, -0.05) is 19.4 Å². The third-order valence-corrected chi connectivity index (χ3v) is 4.44. The lowest BCUT2D eigenvalue weighted by molar-refractivity contribution is -0.247. The first-order chi connectivity index (χ1) is 9.42. The van der Waals surface area contributed by atoms with Gasteiger partial charge in [0, 0.05) is 19.6 Å². The lowest BCUT2D eigenvalue weighted by atomic mass is 9.68. The van der Waals surface area contributed by atoms with E-state index in [1.165, 1.54) is 0 Å². The lowest BCUT2D eigenvalue weighted by Gasteiger charge is -2.43. The molecule has 1 fully saturated rings.